The van der Waals surface area contributed by atoms with E-state index in [1.165, 1.54) is 5.56 Å². The summed E-state index contributed by atoms with van der Waals surface area (Å²) in [5.74, 6) is 0. The predicted molar refractivity (Wildman–Crippen MR) is 115 cm³/mol. The Morgan fingerprint density at radius 2 is 1.72 bits per heavy atom. The van der Waals surface area contributed by atoms with E-state index in [9.17, 15) is 0 Å². The molecular formula is C20H15Br3N2. The van der Waals surface area contributed by atoms with Crippen molar-refractivity contribution in [2.45, 2.75) is 22.6 Å². The van der Waals surface area contributed by atoms with Gasteiger partial charge in [-0.05, 0) is 43.7 Å². The van der Waals surface area contributed by atoms with Gasteiger partial charge < -0.3 is 0 Å². The normalized spacial score (nSPS) is 17.9. The molecule has 0 aliphatic carbocycles. The monoisotopic (exact) mass is 520 g/mol. The maximum Gasteiger partial charge on any atom is 0.130 e. The molecule has 0 bridgehead atoms. The Kier molecular flexibility index (Phi) is 4.17. The third-order valence-corrected chi connectivity index (χ3v) is 7.89. The minimum Gasteiger partial charge on any atom is -0.275 e. The third kappa shape index (κ3) is 2.81. The van der Waals surface area contributed by atoms with Crippen LogP contribution in [-0.2, 0) is 3.23 Å². The molecule has 0 N–H and O–H groups in total. The van der Waals surface area contributed by atoms with Gasteiger partial charge in [0.05, 0.1) is 16.8 Å². The standard InChI is InChI=1S/C20H15Br3N2/c1-19(2)20(22,23)16-6-4-3-5-15(16)18(25-19)13-9-12-10-14(21)7-8-17(12)24-11-13/h3-11H,1-2H3. The average Bonchev–Trinajstić information content (AvgIpc) is 2.58. The highest BCUT2D eigenvalue weighted by Gasteiger charge is 2.47. The number of nitrogens with zero attached hydrogens (tertiary/aromatic N) is 2. The van der Waals surface area contributed by atoms with E-state index < -0.39 is 3.23 Å². The number of hydrogen-bond donors (Lipinski definition) is 0. The van der Waals surface area contributed by atoms with Gasteiger partial charge in [0.1, 0.15) is 3.23 Å². The molecule has 1 aliphatic rings. The quantitative estimate of drug-likeness (QED) is 0.332. The average molecular weight is 523 g/mol. The minimum absolute atomic E-state index is 0.358. The number of benzene rings is 2. The Balaban J connectivity index is 1.97. The summed E-state index contributed by atoms with van der Waals surface area (Å²) in [6.07, 6.45) is 1.91. The number of hydrogen-bond acceptors (Lipinski definition) is 2. The zero-order valence-corrected chi connectivity index (χ0v) is 18.5. The number of aromatic nitrogens is 1. The molecule has 2 heterocycles. The van der Waals surface area contributed by atoms with Gasteiger partial charge in [0.2, 0.25) is 0 Å². The van der Waals surface area contributed by atoms with E-state index in [0.29, 0.717) is 0 Å². The molecule has 0 amide bonds. The maximum atomic E-state index is 5.08. The fraction of sp³-hybridized carbons (Fsp3) is 0.200. The second kappa shape index (κ2) is 6.00. The van der Waals surface area contributed by atoms with Crippen molar-refractivity contribution >= 4 is 64.4 Å². The van der Waals surface area contributed by atoms with Crippen LogP contribution >= 0.6 is 47.8 Å². The molecule has 0 fully saturated rings. The molecule has 25 heavy (non-hydrogen) atoms. The van der Waals surface area contributed by atoms with Gasteiger partial charge in [-0.1, -0.05) is 72.1 Å². The molecule has 0 atom stereocenters. The SMILES string of the molecule is CC1(C)N=C(c2cnc3ccc(Br)cc3c2)c2ccccc2C1(Br)Br. The highest BCUT2D eigenvalue weighted by molar-refractivity contribution is 9.24. The van der Waals surface area contributed by atoms with Crippen LogP contribution in [0.15, 0.2) is 64.2 Å². The Labute approximate surface area is 172 Å². The van der Waals surface area contributed by atoms with Crippen LogP contribution in [0.3, 0.4) is 0 Å². The van der Waals surface area contributed by atoms with Gasteiger partial charge in [-0.2, -0.15) is 0 Å². The van der Waals surface area contributed by atoms with Gasteiger partial charge >= 0.3 is 0 Å². The van der Waals surface area contributed by atoms with Crippen LogP contribution in [0.2, 0.25) is 0 Å². The van der Waals surface area contributed by atoms with Crippen molar-refractivity contribution in [3.63, 3.8) is 0 Å². The summed E-state index contributed by atoms with van der Waals surface area (Å²) in [7, 11) is 0. The zero-order chi connectivity index (χ0) is 17.8. The molecule has 2 aromatic carbocycles. The van der Waals surface area contributed by atoms with Crippen molar-refractivity contribution in [2.75, 3.05) is 0 Å². The lowest BCUT2D eigenvalue weighted by atomic mass is 9.85. The second-order valence-electron chi connectivity index (χ2n) is 6.70. The molecule has 4 rings (SSSR count). The van der Waals surface area contributed by atoms with Crippen molar-refractivity contribution in [3.05, 3.63) is 75.9 Å². The third-order valence-electron chi connectivity index (χ3n) is 4.60. The van der Waals surface area contributed by atoms with E-state index in [1.54, 1.807) is 0 Å². The zero-order valence-electron chi connectivity index (χ0n) is 13.7. The maximum absolute atomic E-state index is 5.08. The van der Waals surface area contributed by atoms with Crippen molar-refractivity contribution in [1.82, 2.24) is 4.98 Å². The van der Waals surface area contributed by atoms with E-state index in [0.717, 1.165) is 32.2 Å². The Hall–Kier alpha value is -1.04. The summed E-state index contributed by atoms with van der Waals surface area (Å²) < 4.78 is 0.644. The number of rotatable bonds is 1. The molecule has 5 heteroatoms. The second-order valence-corrected chi connectivity index (χ2v) is 11.1. The first-order valence-corrected chi connectivity index (χ1v) is 10.3. The van der Waals surface area contributed by atoms with E-state index in [2.05, 4.69) is 97.0 Å². The summed E-state index contributed by atoms with van der Waals surface area (Å²) in [6.45, 7) is 4.25. The minimum atomic E-state index is -0.402. The molecule has 1 aromatic heterocycles. The summed E-state index contributed by atoms with van der Waals surface area (Å²) in [6, 6.07) is 16.6. The molecule has 0 saturated carbocycles. The van der Waals surface area contributed by atoms with E-state index in [4.69, 9.17) is 4.99 Å². The van der Waals surface area contributed by atoms with Gasteiger partial charge in [0.15, 0.2) is 0 Å². The van der Waals surface area contributed by atoms with Crippen molar-refractivity contribution in [1.29, 1.82) is 0 Å². The molecule has 0 radical (unpaired) electrons. The number of halogens is 3. The fourth-order valence-corrected chi connectivity index (χ4v) is 4.40. The molecule has 0 unspecified atom stereocenters. The first kappa shape index (κ1) is 17.4. The van der Waals surface area contributed by atoms with E-state index in [-0.39, 0.29) is 5.54 Å². The van der Waals surface area contributed by atoms with Crippen molar-refractivity contribution < 1.29 is 0 Å². The Bertz CT molecular complexity index is 1020. The summed E-state index contributed by atoms with van der Waals surface area (Å²) in [4.78, 5) is 9.71. The fourth-order valence-electron chi connectivity index (χ4n) is 3.15. The Morgan fingerprint density at radius 3 is 2.52 bits per heavy atom. The van der Waals surface area contributed by atoms with Crippen LogP contribution in [0.5, 0.6) is 0 Å². The van der Waals surface area contributed by atoms with E-state index in [1.807, 2.05) is 24.4 Å². The first-order valence-electron chi connectivity index (χ1n) is 7.93. The summed E-state index contributed by atoms with van der Waals surface area (Å²) in [5.41, 5.74) is 4.92. The molecular weight excluding hydrogens is 508 g/mol. The topological polar surface area (TPSA) is 25.2 Å². The lowest BCUT2D eigenvalue weighted by molar-refractivity contribution is 0.485. The highest BCUT2D eigenvalue weighted by Crippen LogP contribution is 2.53. The summed E-state index contributed by atoms with van der Waals surface area (Å²) in [5, 5.41) is 1.10. The molecule has 0 spiro atoms. The molecule has 126 valence electrons. The molecule has 0 saturated heterocycles. The lowest BCUT2D eigenvalue weighted by Crippen LogP contribution is -2.41. The molecule has 2 nitrogen and oxygen atoms in total. The summed E-state index contributed by atoms with van der Waals surface area (Å²) >= 11 is 11.2. The number of pyridine rings is 1. The number of aliphatic imine (C=N–C) groups is 1. The van der Waals surface area contributed by atoms with Gasteiger partial charge in [-0.3, -0.25) is 9.98 Å². The van der Waals surface area contributed by atoms with Crippen LogP contribution in [0.25, 0.3) is 10.9 Å². The van der Waals surface area contributed by atoms with Gasteiger partial charge in [-0.15, -0.1) is 0 Å². The predicted octanol–water partition coefficient (Wildman–Crippen LogP) is 6.57. The van der Waals surface area contributed by atoms with Gasteiger partial charge in [0.25, 0.3) is 0 Å². The Morgan fingerprint density at radius 1 is 0.960 bits per heavy atom. The van der Waals surface area contributed by atoms with Crippen LogP contribution in [0.4, 0.5) is 0 Å². The van der Waals surface area contributed by atoms with Crippen molar-refractivity contribution in [3.8, 4) is 0 Å². The van der Waals surface area contributed by atoms with Crippen LogP contribution in [0.1, 0.15) is 30.5 Å². The molecule has 3 aromatic rings. The number of alkyl halides is 2. The largest absolute Gasteiger partial charge is 0.275 e. The lowest BCUT2D eigenvalue weighted by Gasteiger charge is -2.41. The molecule has 1 aliphatic heterocycles. The van der Waals surface area contributed by atoms with E-state index >= 15 is 0 Å². The van der Waals surface area contributed by atoms with Gasteiger partial charge in [0, 0.05) is 27.2 Å². The van der Waals surface area contributed by atoms with Crippen LogP contribution in [-0.4, -0.2) is 16.2 Å². The van der Waals surface area contributed by atoms with Gasteiger partial charge in [-0.25, -0.2) is 0 Å². The smallest absolute Gasteiger partial charge is 0.130 e. The van der Waals surface area contributed by atoms with Crippen LogP contribution < -0.4 is 0 Å². The first-order chi connectivity index (χ1) is 11.8. The number of fused-ring (bicyclic) bond motifs is 2. The highest BCUT2D eigenvalue weighted by atomic mass is 79.9. The van der Waals surface area contributed by atoms with Crippen molar-refractivity contribution in [2.24, 2.45) is 4.99 Å². The van der Waals surface area contributed by atoms with Crippen LogP contribution in [0, 0.1) is 0 Å².